The largest absolute Gasteiger partial charge is 0.309 e. The average Bonchev–Trinajstić information content (AvgIpc) is 2.42. The Morgan fingerprint density at radius 1 is 1.17 bits per heavy atom. The highest BCUT2D eigenvalue weighted by Gasteiger charge is 2.14. The number of pyridine rings is 1. The highest BCUT2D eigenvalue weighted by molar-refractivity contribution is 5.22. The van der Waals surface area contributed by atoms with E-state index in [0.717, 1.165) is 13.0 Å². The third-order valence-electron chi connectivity index (χ3n) is 3.37. The summed E-state index contributed by atoms with van der Waals surface area (Å²) in [6.07, 6.45) is 9.27. The van der Waals surface area contributed by atoms with Crippen LogP contribution in [0.2, 0.25) is 0 Å². The molecular weight excluding hydrogens is 220 g/mol. The van der Waals surface area contributed by atoms with Gasteiger partial charge in [0.15, 0.2) is 0 Å². The Kier molecular flexibility index (Phi) is 7.66. The van der Waals surface area contributed by atoms with Crippen molar-refractivity contribution in [2.75, 3.05) is 6.54 Å². The van der Waals surface area contributed by atoms with Crippen molar-refractivity contribution >= 4 is 0 Å². The summed E-state index contributed by atoms with van der Waals surface area (Å²) in [6.45, 7) is 7.77. The average molecular weight is 248 g/mol. The van der Waals surface area contributed by atoms with Crippen LogP contribution >= 0.6 is 0 Å². The first-order chi connectivity index (χ1) is 8.83. The molecule has 0 bridgehead atoms. The van der Waals surface area contributed by atoms with E-state index in [1.807, 2.05) is 12.3 Å². The molecule has 1 aromatic rings. The summed E-state index contributed by atoms with van der Waals surface area (Å²) in [6, 6.07) is 4.70. The number of hydrogen-bond donors (Lipinski definition) is 1. The minimum absolute atomic E-state index is 0.438. The van der Waals surface area contributed by atoms with Gasteiger partial charge >= 0.3 is 0 Å². The lowest BCUT2D eigenvalue weighted by Crippen LogP contribution is -2.24. The molecule has 1 aromatic heterocycles. The van der Waals surface area contributed by atoms with Gasteiger partial charge < -0.3 is 5.32 Å². The third-order valence-corrected chi connectivity index (χ3v) is 3.37. The van der Waals surface area contributed by atoms with Gasteiger partial charge in [0, 0.05) is 12.2 Å². The Morgan fingerprint density at radius 2 is 2.00 bits per heavy atom. The number of nitrogens with zero attached hydrogens (tertiary/aromatic N) is 1. The van der Waals surface area contributed by atoms with Crippen molar-refractivity contribution in [1.29, 1.82) is 0 Å². The van der Waals surface area contributed by atoms with Crippen molar-refractivity contribution in [2.24, 2.45) is 0 Å². The zero-order valence-corrected chi connectivity index (χ0v) is 12.2. The van der Waals surface area contributed by atoms with Gasteiger partial charge in [0.05, 0.1) is 5.69 Å². The maximum atomic E-state index is 4.62. The fourth-order valence-corrected chi connectivity index (χ4v) is 2.32. The zero-order chi connectivity index (χ0) is 13.2. The number of aromatic nitrogens is 1. The Labute approximate surface area is 112 Å². The van der Waals surface area contributed by atoms with Crippen LogP contribution in [0.5, 0.6) is 0 Å². The summed E-state index contributed by atoms with van der Waals surface area (Å²) < 4.78 is 0. The van der Waals surface area contributed by atoms with E-state index >= 15 is 0 Å². The Bertz CT molecular complexity index is 323. The Balaban J connectivity index is 2.72. The molecule has 1 unspecified atom stereocenters. The number of aryl methyl sites for hydroxylation is 1. The molecule has 18 heavy (non-hydrogen) atoms. The van der Waals surface area contributed by atoms with E-state index in [0.29, 0.717) is 6.04 Å². The molecule has 0 amide bonds. The summed E-state index contributed by atoms with van der Waals surface area (Å²) in [5.74, 6) is 0. The Hall–Kier alpha value is -0.890. The van der Waals surface area contributed by atoms with E-state index in [9.17, 15) is 0 Å². The molecule has 2 heteroatoms. The monoisotopic (exact) mass is 248 g/mol. The minimum Gasteiger partial charge on any atom is -0.309 e. The summed E-state index contributed by atoms with van der Waals surface area (Å²) in [4.78, 5) is 4.62. The fraction of sp³-hybridized carbons (Fsp3) is 0.688. The lowest BCUT2D eigenvalue weighted by Gasteiger charge is -2.20. The summed E-state index contributed by atoms with van der Waals surface area (Å²) in [7, 11) is 0. The fourth-order valence-electron chi connectivity index (χ4n) is 2.32. The molecule has 0 saturated heterocycles. The standard InChI is InChI=1S/C16H28N2/c1-4-7-8-11-15(17-12-5-2)16-14(6-3)10-9-13-18-16/h9-10,13,15,17H,4-8,11-12H2,1-3H3. The topological polar surface area (TPSA) is 24.9 Å². The van der Waals surface area contributed by atoms with Crippen LogP contribution in [0, 0.1) is 0 Å². The molecule has 0 spiro atoms. The van der Waals surface area contributed by atoms with Gasteiger partial charge in [0.25, 0.3) is 0 Å². The van der Waals surface area contributed by atoms with Gasteiger partial charge in [-0.2, -0.15) is 0 Å². The second kappa shape index (κ2) is 9.09. The molecule has 1 heterocycles. The van der Waals surface area contributed by atoms with Crippen LogP contribution in [0.4, 0.5) is 0 Å². The first kappa shape index (κ1) is 15.2. The summed E-state index contributed by atoms with van der Waals surface area (Å²) in [5, 5.41) is 3.66. The van der Waals surface area contributed by atoms with E-state index in [2.05, 4.69) is 37.1 Å². The van der Waals surface area contributed by atoms with Crippen molar-refractivity contribution < 1.29 is 0 Å². The molecule has 1 N–H and O–H groups in total. The van der Waals surface area contributed by atoms with E-state index in [4.69, 9.17) is 0 Å². The third kappa shape index (κ3) is 4.77. The zero-order valence-electron chi connectivity index (χ0n) is 12.2. The van der Waals surface area contributed by atoms with Gasteiger partial charge in [-0.05, 0) is 37.4 Å². The highest BCUT2D eigenvalue weighted by atomic mass is 14.9. The molecule has 0 aliphatic rings. The van der Waals surface area contributed by atoms with Crippen LogP contribution in [0.15, 0.2) is 18.3 Å². The second-order valence-electron chi connectivity index (χ2n) is 4.90. The van der Waals surface area contributed by atoms with Gasteiger partial charge in [-0.25, -0.2) is 0 Å². The smallest absolute Gasteiger partial charge is 0.0604 e. The highest BCUT2D eigenvalue weighted by Crippen LogP contribution is 2.21. The number of hydrogen-bond acceptors (Lipinski definition) is 2. The maximum Gasteiger partial charge on any atom is 0.0604 e. The van der Waals surface area contributed by atoms with E-state index < -0.39 is 0 Å². The van der Waals surface area contributed by atoms with Crippen molar-refractivity contribution in [2.45, 2.75) is 65.3 Å². The van der Waals surface area contributed by atoms with E-state index in [1.165, 1.54) is 43.4 Å². The van der Waals surface area contributed by atoms with Gasteiger partial charge in [-0.1, -0.05) is 46.1 Å². The maximum absolute atomic E-state index is 4.62. The SMILES string of the molecule is CCCCCC(NCCC)c1ncccc1CC. The second-order valence-corrected chi connectivity index (χ2v) is 4.90. The summed E-state index contributed by atoms with van der Waals surface area (Å²) >= 11 is 0. The quantitative estimate of drug-likeness (QED) is 0.660. The molecule has 102 valence electrons. The lowest BCUT2D eigenvalue weighted by molar-refractivity contribution is 0.462. The van der Waals surface area contributed by atoms with Crippen LogP contribution in [0.3, 0.4) is 0 Å². The van der Waals surface area contributed by atoms with Gasteiger partial charge in [-0.3, -0.25) is 4.98 Å². The van der Waals surface area contributed by atoms with Gasteiger partial charge in [0.2, 0.25) is 0 Å². The van der Waals surface area contributed by atoms with Crippen LogP contribution in [0.1, 0.15) is 70.2 Å². The number of unbranched alkanes of at least 4 members (excludes halogenated alkanes) is 2. The predicted octanol–water partition coefficient (Wildman–Crippen LogP) is 4.27. The van der Waals surface area contributed by atoms with Crippen LogP contribution < -0.4 is 5.32 Å². The molecule has 0 aliphatic heterocycles. The van der Waals surface area contributed by atoms with Crippen molar-refractivity contribution in [3.05, 3.63) is 29.6 Å². The van der Waals surface area contributed by atoms with Crippen molar-refractivity contribution in [3.8, 4) is 0 Å². The Morgan fingerprint density at radius 3 is 2.67 bits per heavy atom. The predicted molar refractivity (Wildman–Crippen MR) is 78.8 cm³/mol. The molecule has 0 saturated carbocycles. The van der Waals surface area contributed by atoms with E-state index in [-0.39, 0.29) is 0 Å². The molecule has 0 aliphatic carbocycles. The first-order valence-corrected chi connectivity index (χ1v) is 7.50. The number of rotatable bonds is 9. The molecule has 2 nitrogen and oxygen atoms in total. The van der Waals surface area contributed by atoms with Crippen LogP contribution in [-0.4, -0.2) is 11.5 Å². The molecule has 1 atom stereocenters. The van der Waals surface area contributed by atoms with Crippen molar-refractivity contribution in [1.82, 2.24) is 10.3 Å². The van der Waals surface area contributed by atoms with E-state index in [1.54, 1.807) is 0 Å². The molecular formula is C16H28N2. The summed E-state index contributed by atoms with van der Waals surface area (Å²) in [5.41, 5.74) is 2.66. The van der Waals surface area contributed by atoms with Crippen molar-refractivity contribution in [3.63, 3.8) is 0 Å². The molecule has 0 radical (unpaired) electrons. The van der Waals surface area contributed by atoms with Gasteiger partial charge in [-0.15, -0.1) is 0 Å². The molecule has 0 fully saturated rings. The van der Waals surface area contributed by atoms with Crippen LogP contribution in [0.25, 0.3) is 0 Å². The molecule has 0 aromatic carbocycles. The lowest BCUT2D eigenvalue weighted by atomic mass is 9.99. The molecule has 1 rings (SSSR count). The minimum atomic E-state index is 0.438. The number of nitrogens with one attached hydrogen (secondary N) is 1. The van der Waals surface area contributed by atoms with Crippen LogP contribution in [-0.2, 0) is 6.42 Å². The van der Waals surface area contributed by atoms with Gasteiger partial charge in [0.1, 0.15) is 0 Å². The first-order valence-electron chi connectivity index (χ1n) is 7.50. The normalized spacial score (nSPS) is 12.6.